The summed E-state index contributed by atoms with van der Waals surface area (Å²) < 4.78 is 8.34. The van der Waals surface area contributed by atoms with Crippen LogP contribution in [0.25, 0.3) is 38.8 Å². The number of para-hydroxylation sites is 1. The summed E-state index contributed by atoms with van der Waals surface area (Å²) in [7, 11) is 0. The molecule has 0 amide bonds. The number of hydrogen-bond acceptors (Lipinski definition) is 4. The number of rotatable bonds is 4. The van der Waals surface area contributed by atoms with Gasteiger partial charge in [0.1, 0.15) is 5.75 Å². The Kier molecular flexibility index (Phi) is 4.48. The highest BCUT2D eigenvalue weighted by molar-refractivity contribution is 7.20. The number of benzene rings is 3. The van der Waals surface area contributed by atoms with Gasteiger partial charge in [-0.1, -0.05) is 60.4 Å². The van der Waals surface area contributed by atoms with Gasteiger partial charge in [0.05, 0.1) is 27.4 Å². The van der Waals surface area contributed by atoms with Crippen LogP contribution in [0.5, 0.6) is 5.75 Å². The number of ether oxygens (including phenoxy) is 1. The molecule has 3 aromatic carbocycles. The lowest BCUT2D eigenvalue weighted by atomic mass is 10.0. The van der Waals surface area contributed by atoms with Gasteiger partial charge in [-0.2, -0.15) is 4.68 Å². The third-order valence-electron chi connectivity index (χ3n) is 5.00. The summed E-state index contributed by atoms with van der Waals surface area (Å²) in [6, 6.07) is 19.9. The molecule has 0 aliphatic carbocycles. The second-order valence-corrected chi connectivity index (χ2v) is 7.89. The second-order valence-electron chi connectivity index (χ2n) is 6.88. The first kappa shape index (κ1) is 18.4. The maximum absolute atomic E-state index is 13.3. The Bertz CT molecular complexity index is 1530. The van der Waals surface area contributed by atoms with Crippen LogP contribution >= 0.6 is 11.3 Å². The number of hydrogen-bond donors (Lipinski definition) is 1. The zero-order valence-corrected chi connectivity index (χ0v) is 17.2. The molecule has 0 unspecified atom stereocenters. The summed E-state index contributed by atoms with van der Waals surface area (Å²) in [5.41, 5.74) is 1.55. The lowest BCUT2D eigenvalue weighted by Crippen LogP contribution is -2.34. The Hall–Kier alpha value is -3.64. The van der Waals surface area contributed by atoms with Gasteiger partial charge in [0.2, 0.25) is 5.13 Å². The van der Waals surface area contributed by atoms with E-state index in [9.17, 15) is 4.79 Å². The van der Waals surface area contributed by atoms with Crippen LogP contribution in [0.4, 0.5) is 0 Å². The van der Waals surface area contributed by atoms with E-state index in [1.807, 2.05) is 73.7 Å². The standard InChI is InChI=1S/C24H19N3O2S/c1-3-29-21-13-12-16-8-4-5-9-17(16)19(21)14-18-15(2)26-27(23(18)28)24-25-20-10-6-7-11-22(20)30-24/h4-14,26H,2-3H2,1H3/b18-14+. The molecule has 0 atom stereocenters. The molecule has 0 fully saturated rings. The molecule has 0 saturated heterocycles. The van der Waals surface area contributed by atoms with Crippen LogP contribution in [-0.4, -0.2) is 21.4 Å². The van der Waals surface area contributed by atoms with Crippen molar-refractivity contribution in [1.82, 2.24) is 14.8 Å². The topological polar surface area (TPSA) is 59.9 Å². The Labute approximate surface area is 176 Å². The average Bonchev–Trinajstić information content (AvgIpc) is 3.31. The highest BCUT2D eigenvalue weighted by atomic mass is 32.1. The van der Waals surface area contributed by atoms with Crippen LogP contribution in [0.3, 0.4) is 0 Å². The van der Waals surface area contributed by atoms with E-state index in [4.69, 9.17) is 4.74 Å². The minimum absolute atomic E-state index is 0.186. The van der Waals surface area contributed by atoms with Crippen LogP contribution in [0.2, 0.25) is 0 Å². The van der Waals surface area contributed by atoms with E-state index in [-0.39, 0.29) is 5.56 Å². The summed E-state index contributed by atoms with van der Waals surface area (Å²) >= 11 is 1.46. The molecule has 0 bridgehead atoms. The molecular weight excluding hydrogens is 394 g/mol. The van der Waals surface area contributed by atoms with Crippen molar-refractivity contribution in [3.63, 3.8) is 0 Å². The van der Waals surface area contributed by atoms with Crippen LogP contribution in [0, 0.1) is 0 Å². The molecule has 148 valence electrons. The molecule has 5 nitrogen and oxygen atoms in total. The predicted octanol–water partition coefficient (Wildman–Crippen LogP) is 3.57. The number of nitrogens with zero attached hydrogens (tertiary/aromatic N) is 2. The molecule has 0 spiro atoms. The number of thiazole rings is 1. The van der Waals surface area contributed by atoms with Crippen molar-refractivity contribution < 1.29 is 4.74 Å². The van der Waals surface area contributed by atoms with Gasteiger partial charge in [0.15, 0.2) is 0 Å². The van der Waals surface area contributed by atoms with Gasteiger partial charge in [-0.05, 0) is 42.0 Å². The fourth-order valence-corrected chi connectivity index (χ4v) is 4.51. The SMILES string of the molecule is C=c1[nH]n(-c2nc3ccccc3s2)c(=O)/c1=C/c1c(OCC)ccc2ccccc12. The van der Waals surface area contributed by atoms with Crippen molar-refractivity contribution in [3.8, 4) is 10.9 Å². The first-order chi connectivity index (χ1) is 14.7. The van der Waals surface area contributed by atoms with Crippen molar-refractivity contribution in [1.29, 1.82) is 0 Å². The molecule has 0 aliphatic rings. The maximum Gasteiger partial charge on any atom is 0.281 e. The van der Waals surface area contributed by atoms with Crippen LogP contribution in [-0.2, 0) is 0 Å². The molecule has 0 radical (unpaired) electrons. The Morgan fingerprint density at radius 3 is 2.77 bits per heavy atom. The van der Waals surface area contributed by atoms with Gasteiger partial charge < -0.3 is 4.74 Å². The molecule has 1 N–H and O–H groups in total. The minimum atomic E-state index is -0.186. The van der Waals surface area contributed by atoms with E-state index in [1.54, 1.807) is 0 Å². The molecule has 30 heavy (non-hydrogen) atoms. The molecule has 0 aliphatic heterocycles. The Morgan fingerprint density at radius 2 is 1.93 bits per heavy atom. The molecule has 2 heterocycles. The number of H-pyrrole nitrogens is 1. The molecule has 2 aromatic heterocycles. The lowest BCUT2D eigenvalue weighted by Gasteiger charge is -2.10. The summed E-state index contributed by atoms with van der Waals surface area (Å²) in [6.07, 6.45) is 1.86. The van der Waals surface area contributed by atoms with Crippen molar-refractivity contribution in [2.75, 3.05) is 6.61 Å². The highest BCUT2D eigenvalue weighted by Crippen LogP contribution is 2.28. The van der Waals surface area contributed by atoms with E-state index in [0.29, 0.717) is 22.3 Å². The molecule has 0 saturated carbocycles. The quantitative estimate of drug-likeness (QED) is 0.490. The zero-order valence-electron chi connectivity index (χ0n) is 16.4. The molecule has 5 aromatic rings. The van der Waals surface area contributed by atoms with Crippen molar-refractivity contribution in [2.24, 2.45) is 0 Å². The first-order valence-electron chi connectivity index (χ1n) is 9.68. The average molecular weight is 414 g/mol. The number of aromatic amines is 1. The monoisotopic (exact) mass is 413 g/mol. The number of aromatic nitrogens is 3. The normalized spacial score (nSPS) is 12.1. The number of fused-ring (bicyclic) bond motifs is 2. The Morgan fingerprint density at radius 1 is 1.13 bits per heavy atom. The summed E-state index contributed by atoms with van der Waals surface area (Å²) in [6.45, 7) is 6.55. The summed E-state index contributed by atoms with van der Waals surface area (Å²) in [5, 5.41) is 6.81. The van der Waals surface area contributed by atoms with Crippen LogP contribution in [0.1, 0.15) is 12.5 Å². The Balaban J connectivity index is 1.75. The van der Waals surface area contributed by atoms with E-state index in [1.165, 1.54) is 16.0 Å². The third kappa shape index (κ3) is 3.02. The summed E-state index contributed by atoms with van der Waals surface area (Å²) in [4.78, 5) is 17.8. The van der Waals surface area contributed by atoms with Gasteiger partial charge >= 0.3 is 0 Å². The molecule has 5 rings (SSSR count). The largest absolute Gasteiger partial charge is 0.493 e. The van der Waals surface area contributed by atoms with E-state index >= 15 is 0 Å². The smallest absolute Gasteiger partial charge is 0.281 e. The van der Waals surface area contributed by atoms with Crippen LogP contribution in [0.15, 0.2) is 65.5 Å². The second kappa shape index (κ2) is 7.31. The summed E-state index contributed by atoms with van der Waals surface area (Å²) in [5.74, 6) is 0.739. The van der Waals surface area contributed by atoms with E-state index < -0.39 is 0 Å². The van der Waals surface area contributed by atoms with E-state index in [2.05, 4.69) is 16.7 Å². The third-order valence-corrected chi connectivity index (χ3v) is 6.02. The van der Waals surface area contributed by atoms with E-state index in [0.717, 1.165) is 32.3 Å². The fraction of sp³-hybridized carbons (Fsp3) is 0.0833. The lowest BCUT2D eigenvalue weighted by molar-refractivity contribution is 0.340. The van der Waals surface area contributed by atoms with Gasteiger partial charge in [-0.15, -0.1) is 0 Å². The van der Waals surface area contributed by atoms with Gasteiger partial charge in [-0.25, -0.2) is 4.98 Å². The zero-order chi connectivity index (χ0) is 20.7. The molecular formula is C24H19N3O2S. The van der Waals surface area contributed by atoms with Crippen molar-refractivity contribution >= 4 is 45.0 Å². The van der Waals surface area contributed by atoms with Gasteiger partial charge in [-0.3, -0.25) is 9.89 Å². The first-order valence-corrected chi connectivity index (χ1v) is 10.5. The van der Waals surface area contributed by atoms with Crippen molar-refractivity contribution in [3.05, 3.63) is 87.1 Å². The van der Waals surface area contributed by atoms with Crippen molar-refractivity contribution in [2.45, 2.75) is 6.92 Å². The molecule has 6 heteroatoms. The predicted molar refractivity (Wildman–Crippen MR) is 123 cm³/mol. The maximum atomic E-state index is 13.3. The van der Waals surface area contributed by atoms with Crippen LogP contribution < -0.4 is 20.9 Å². The number of nitrogens with one attached hydrogen (secondary N) is 1. The van der Waals surface area contributed by atoms with Gasteiger partial charge in [0, 0.05) is 5.56 Å². The minimum Gasteiger partial charge on any atom is -0.493 e. The van der Waals surface area contributed by atoms with Gasteiger partial charge in [0.25, 0.3) is 5.56 Å². The highest BCUT2D eigenvalue weighted by Gasteiger charge is 2.12. The fourth-order valence-electron chi connectivity index (χ4n) is 3.58.